The summed E-state index contributed by atoms with van der Waals surface area (Å²) < 4.78 is 50.3. The second-order valence-corrected chi connectivity index (χ2v) is 5.31. The minimum absolute atomic E-state index is 0.0302. The number of benzene rings is 1. The van der Waals surface area contributed by atoms with Crippen molar-refractivity contribution in [2.24, 2.45) is 5.84 Å². The van der Waals surface area contributed by atoms with Crippen LogP contribution in [0.15, 0.2) is 17.0 Å². The standard InChI is InChI=1S/C12H14F4N2OS/c1-7-3-9(13)8(5-11(19)18(2)17)4-10(7)20-6-12(14,15)16/h3-4H,5-6,17H2,1-2H3. The second kappa shape index (κ2) is 6.45. The van der Waals surface area contributed by atoms with Crippen LogP contribution in [0.5, 0.6) is 0 Å². The number of nitrogens with zero attached hydrogens (tertiary/aromatic N) is 1. The molecule has 0 atom stereocenters. The quantitative estimate of drug-likeness (QED) is 0.306. The fourth-order valence-electron chi connectivity index (χ4n) is 1.43. The van der Waals surface area contributed by atoms with Gasteiger partial charge in [-0.15, -0.1) is 11.8 Å². The van der Waals surface area contributed by atoms with Gasteiger partial charge in [0.2, 0.25) is 5.91 Å². The van der Waals surface area contributed by atoms with Crippen molar-refractivity contribution in [1.29, 1.82) is 0 Å². The van der Waals surface area contributed by atoms with E-state index < -0.39 is 23.7 Å². The van der Waals surface area contributed by atoms with Gasteiger partial charge in [0.15, 0.2) is 0 Å². The highest BCUT2D eigenvalue weighted by atomic mass is 32.2. The zero-order valence-corrected chi connectivity index (χ0v) is 11.7. The lowest BCUT2D eigenvalue weighted by Crippen LogP contribution is -2.34. The third-order valence-corrected chi connectivity index (χ3v) is 3.69. The van der Waals surface area contributed by atoms with Crippen LogP contribution in [0.3, 0.4) is 0 Å². The average molecular weight is 310 g/mol. The summed E-state index contributed by atoms with van der Waals surface area (Å²) in [5.74, 6) is 3.00. The summed E-state index contributed by atoms with van der Waals surface area (Å²) in [4.78, 5) is 11.7. The molecule has 0 bridgehead atoms. The normalized spacial score (nSPS) is 11.6. The number of hydrazine groups is 1. The summed E-state index contributed by atoms with van der Waals surface area (Å²) in [5.41, 5.74) is 0.427. The first kappa shape index (κ1) is 16.8. The Morgan fingerprint density at radius 1 is 1.40 bits per heavy atom. The van der Waals surface area contributed by atoms with Crippen LogP contribution in [-0.2, 0) is 11.2 Å². The zero-order chi connectivity index (χ0) is 15.5. The minimum Gasteiger partial charge on any atom is -0.284 e. The van der Waals surface area contributed by atoms with Crippen molar-refractivity contribution >= 4 is 17.7 Å². The van der Waals surface area contributed by atoms with Crippen LogP contribution < -0.4 is 5.84 Å². The van der Waals surface area contributed by atoms with Crippen molar-refractivity contribution in [3.05, 3.63) is 29.1 Å². The molecular weight excluding hydrogens is 296 g/mol. The van der Waals surface area contributed by atoms with E-state index in [1.54, 1.807) is 0 Å². The molecule has 1 aromatic carbocycles. The fourth-order valence-corrected chi connectivity index (χ4v) is 2.26. The maximum Gasteiger partial charge on any atom is 0.398 e. The topological polar surface area (TPSA) is 46.3 Å². The Labute approximate surface area is 118 Å². The number of carbonyl (C=O) groups is 1. The molecule has 1 aromatic rings. The number of thioether (sulfide) groups is 1. The van der Waals surface area contributed by atoms with Gasteiger partial charge in [-0.3, -0.25) is 9.80 Å². The third-order valence-electron chi connectivity index (χ3n) is 2.47. The lowest BCUT2D eigenvalue weighted by molar-refractivity contribution is -0.129. The molecule has 8 heteroatoms. The monoisotopic (exact) mass is 310 g/mol. The molecule has 112 valence electrons. The molecule has 1 amide bonds. The summed E-state index contributed by atoms with van der Waals surface area (Å²) in [6.07, 6.45) is -4.60. The first-order valence-electron chi connectivity index (χ1n) is 5.60. The van der Waals surface area contributed by atoms with Gasteiger partial charge < -0.3 is 0 Å². The molecule has 0 aliphatic rings. The maximum absolute atomic E-state index is 13.7. The number of nitrogens with two attached hydrogens (primary N) is 1. The van der Waals surface area contributed by atoms with Crippen LogP contribution in [0.25, 0.3) is 0 Å². The van der Waals surface area contributed by atoms with E-state index in [0.29, 0.717) is 22.2 Å². The van der Waals surface area contributed by atoms with Crippen LogP contribution in [0.4, 0.5) is 17.6 Å². The van der Waals surface area contributed by atoms with Gasteiger partial charge in [0.25, 0.3) is 0 Å². The Morgan fingerprint density at radius 3 is 2.50 bits per heavy atom. The van der Waals surface area contributed by atoms with E-state index in [1.807, 2.05) is 0 Å². The lowest BCUT2D eigenvalue weighted by atomic mass is 10.1. The largest absolute Gasteiger partial charge is 0.398 e. The van der Waals surface area contributed by atoms with Gasteiger partial charge >= 0.3 is 6.18 Å². The molecule has 0 aliphatic heterocycles. The zero-order valence-electron chi connectivity index (χ0n) is 10.9. The highest BCUT2D eigenvalue weighted by Crippen LogP contribution is 2.31. The Morgan fingerprint density at radius 2 is 2.00 bits per heavy atom. The van der Waals surface area contributed by atoms with Crippen molar-refractivity contribution in [3.8, 4) is 0 Å². The molecule has 0 spiro atoms. The summed E-state index contributed by atoms with van der Waals surface area (Å²) >= 11 is 0.565. The van der Waals surface area contributed by atoms with E-state index in [9.17, 15) is 22.4 Å². The number of halogens is 4. The van der Waals surface area contributed by atoms with Gasteiger partial charge in [-0.05, 0) is 30.2 Å². The van der Waals surface area contributed by atoms with Crippen molar-refractivity contribution in [3.63, 3.8) is 0 Å². The van der Waals surface area contributed by atoms with Gasteiger partial charge in [0, 0.05) is 11.9 Å². The highest BCUT2D eigenvalue weighted by Gasteiger charge is 2.27. The smallest absolute Gasteiger partial charge is 0.284 e. The predicted octanol–water partition coefficient (Wildman–Crippen LogP) is 2.66. The third kappa shape index (κ3) is 5.01. The van der Waals surface area contributed by atoms with Gasteiger partial charge in [0.05, 0.1) is 12.2 Å². The predicted molar refractivity (Wildman–Crippen MR) is 68.6 cm³/mol. The van der Waals surface area contributed by atoms with Crippen LogP contribution in [0.1, 0.15) is 11.1 Å². The number of hydrogen-bond acceptors (Lipinski definition) is 3. The van der Waals surface area contributed by atoms with Gasteiger partial charge in [-0.25, -0.2) is 10.2 Å². The van der Waals surface area contributed by atoms with Crippen LogP contribution in [-0.4, -0.2) is 29.9 Å². The van der Waals surface area contributed by atoms with E-state index >= 15 is 0 Å². The molecular formula is C12H14F4N2OS. The Balaban J connectivity index is 2.94. The van der Waals surface area contributed by atoms with Crippen molar-refractivity contribution < 1.29 is 22.4 Å². The summed E-state index contributed by atoms with van der Waals surface area (Å²) in [7, 11) is 1.31. The van der Waals surface area contributed by atoms with E-state index in [1.165, 1.54) is 20.0 Å². The van der Waals surface area contributed by atoms with E-state index in [-0.39, 0.29) is 12.0 Å². The van der Waals surface area contributed by atoms with E-state index in [4.69, 9.17) is 5.84 Å². The van der Waals surface area contributed by atoms with Gasteiger partial charge in [0.1, 0.15) is 5.82 Å². The molecule has 0 saturated heterocycles. The van der Waals surface area contributed by atoms with Crippen LogP contribution in [0, 0.1) is 12.7 Å². The minimum atomic E-state index is -4.31. The number of alkyl halides is 3. The SMILES string of the molecule is Cc1cc(F)c(CC(=O)N(C)N)cc1SCC(F)(F)F. The molecule has 0 heterocycles. The molecule has 0 aliphatic carbocycles. The summed E-state index contributed by atoms with van der Waals surface area (Å²) in [6, 6.07) is 2.39. The number of hydrogen-bond donors (Lipinski definition) is 1. The Bertz CT molecular complexity index is 503. The molecule has 0 radical (unpaired) electrons. The van der Waals surface area contributed by atoms with E-state index in [0.717, 1.165) is 11.1 Å². The molecule has 0 unspecified atom stereocenters. The molecule has 0 fully saturated rings. The van der Waals surface area contributed by atoms with Crippen molar-refractivity contribution in [2.75, 3.05) is 12.8 Å². The van der Waals surface area contributed by atoms with Crippen molar-refractivity contribution in [2.45, 2.75) is 24.4 Å². The molecule has 0 aromatic heterocycles. The van der Waals surface area contributed by atoms with Gasteiger partial charge in [-0.2, -0.15) is 13.2 Å². The molecule has 1 rings (SSSR count). The first-order valence-corrected chi connectivity index (χ1v) is 6.58. The summed E-state index contributed by atoms with van der Waals surface area (Å²) in [5, 5.41) is 0.807. The molecule has 2 N–H and O–H groups in total. The second-order valence-electron chi connectivity index (χ2n) is 4.29. The van der Waals surface area contributed by atoms with E-state index in [2.05, 4.69) is 0 Å². The maximum atomic E-state index is 13.7. The Kier molecular flexibility index (Phi) is 5.41. The molecule has 0 saturated carbocycles. The van der Waals surface area contributed by atoms with Gasteiger partial charge in [-0.1, -0.05) is 0 Å². The number of rotatable bonds is 4. The average Bonchev–Trinajstić information content (AvgIpc) is 2.29. The number of carbonyl (C=O) groups excluding carboxylic acids is 1. The number of aryl methyl sites for hydroxylation is 1. The Hall–Kier alpha value is -1.28. The summed E-state index contributed by atoms with van der Waals surface area (Å²) in [6.45, 7) is 1.52. The molecule has 20 heavy (non-hydrogen) atoms. The highest BCUT2D eigenvalue weighted by molar-refractivity contribution is 7.99. The number of likely N-dealkylation sites (N-methyl/N-ethyl adjacent to an activating group) is 1. The molecule has 3 nitrogen and oxygen atoms in total. The van der Waals surface area contributed by atoms with Crippen LogP contribution >= 0.6 is 11.8 Å². The first-order chi connectivity index (χ1) is 9.10. The number of amides is 1. The van der Waals surface area contributed by atoms with Crippen molar-refractivity contribution in [1.82, 2.24) is 5.01 Å². The lowest BCUT2D eigenvalue weighted by Gasteiger charge is -2.13. The van der Waals surface area contributed by atoms with Crippen LogP contribution in [0.2, 0.25) is 0 Å². The fraction of sp³-hybridized carbons (Fsp3) is 0.417.